The highest BCUT2D eigenvalue weighted by Gasteiger charge is 2.25. The van der Waals surface area contributed by atoms with Gasteiger partial charge in [-0.15, -0.1) is 11.3 Å². The van der Waals surface area contributed by atoms with Crippen molar-refractivity contribution in [3.8, 4) is 0 Å². The second kappa shape index (κ2) is 6.99. The fraction of sp³-hybridized carbons (Fsp3) is 0.312. The molecule has 1 fully saturated rings. The summed E-state index contributed by atoms with van der Waals surface area (Å²) in [6, 6.07) is 5.61. The van der Waals surface area contributed by atoms with Crippen LogP contribution >= 0.6 is 22.9 Å². The van der Waals surface area contributed by atoms with Gasteiger partial charge in [-0.1, -0.05) is 17.7 Å². The first-order chi connectivity index (χ1) is 12.2. The van der Waals surface area contributed by atoms with Crippen LogP contribution in [-0.4, -0.2) is 31.9 Å². The first-order valence-corrected chi connectivity index (χ1v) is 9.24. The van der Waals surface area contributed by atoms with Crippen molar-refractivity contribution < 1.29 is 5.11 Å². The van der Waals surface area contributed by atoms with Crippen LogP contribution in [-0.2, 0) is 0 Å². The highest BCUT2D eigenvalue weighted by Crippen LogP contribution is 2.39. The first kappa shape index (κ1) is 16.3. The van der Waals surface area contributed by atoms with Crippen molar-refractivity contribution in [2.24, 2.45) is 0 Å². The van der Waals surface area contributed by atoms with Crippen LogP contribution in [0.4, 0.5) is 17.6 Å². The first-order valence-electron chi connectivity index (χ1n) is 7.98. The van der Waals surface area contributed by atoms with Crippen molar-refractivity contribution in [3.05, 3.63) is 45.4 Å². The van der Waals surface area contributed by atoms with Crippen LogP contribution in [0.2, 0.25) is 5.02 Å². The lowest BCUT2D eigenvalue weighted by molar-refractivity contribution is 0.277. The van der Waals surface area contributed by atoms with Gasteiger partial charge in [0.25, 0.3) is 0 Å². The fourth-order valence-electron chi connectivity index (χ4n) is 2.50. The molecular formula is C16H17ClN6OS. The molecule has 0 spiro atoms. The van der Waals surface area contributed by atoms with E-state index in [9.17, 15) is 5.11 Å². The lowest BCUT2D eigenvalue weighted by Crippen LogP contribution is -2.15. The molecule has 3 heterocycles. The molecule has 1 aliphatic carbocycles. The van der Waals surface area contributed by atoms with Gasteiger partial charge in [-0.25, -0.2) is 4.98 Å². The highest BCUT2D eigenvalue weighted by molar-refractivity contribution is 7.10. The lowest BCUT2D eigenvalue weighted by Gasteiger charge is -2.15. The fourth-order valence-corrected chi connectivity index (χ4v) is 3.41. The van der Waals surface area contributed by atoms with Gasteiger partial charge in [0.05, 0.1) is 18.8 Å². The van der Waals surface area contributed by atoms with E-state index in [0.29, 0.717) is 28.5 Å². The summed E-state index contributed by atoms with van der Waals surface area (Å²) in [5.74, 6) is 2.12. The number of aliphatic hydroxyl groups is 1. The van der Waals surface area contributed by atoms with Crippen LogP contribution in [0.5, 0.6) is 0 Å². The van der Waals surface area contributed by atoms with Crippen LogP contribution in [0.3, 0.4) is 0 Å². The Morgan fingerprint density at radius 1 is 1.44 bits per heavy atom. The normalized spacial score (nSPS) is 15.1. The maximum atomic E-state index is 9.61. The van der Waals surface area contributed by atoms with Gasteiger partial charge in [0.1, 0.15) is 5.02 Å². The number of thiophene rings is 1. The molecule has 0 bridgehead atoms. The minimum absolute atomic E-state index is 0.0562. The molecule has 130 valence electrons. The molecule has 3 aromatic heterocycles. The van der Waals surface area contributed by atoms with Crippen LogP contribution < -0.4 is 10.6 Å². The molecule has 7 nitrogen and oxygen atoms in total. The van der Waals surface area contributed by atoms with Gasteiger partial charge in [-0.3, -0.25) is 5.10 Å². The molecule has 3 aromatic rings. The van der Waals surface area contributed by atoms with E-state index in [1.54, 1.807) is 11.3 Å². The van der Waals surface area contributed by atoms with Crippen molar-refractivity contribution in [1.29, 1.82) is 0 Å². The summed E-state index contributed by atoms with van der Waals surface area (Å²) in [6.45, 7) is -0.0562. The van der Waals surface area contributed by atoms with Crippen LogP contribution in [0.1, 0.15) is 35.4 Å². The number of hydrogen-bond acceptors (Lipinski definition) is 7. The smallest absolute Gasteiger partial charge is 0.225 e. The Labute approximate surface area is 153 Å². The van der Waals surface area contributed by atoms with Crippen LogP contribution in [0.25, 0.3) is 0 Å². The van der Waals surface area contributed by atoms with Crippen LogP contribution in [0, 0.1) is 0 Å². The number of anilines is 3. The molecule has 25 heavy (non-hydrogen) atoms. The third-order valence-electron chi connectivity index (χ3n) is 3.98. The van der Waals surface area contributed by atoms with Gasteiger partial charge in [0.2, 0.25) is 5.95 Å². The zero-order valence-electron chi connectivity index (χ0n) is 13.2. The summed E-state index contributed by atoms with van der Waals surface area (Å²) in [7, 11) is 0. The van der Waals surface area contributed by atoms with E-state index >= 15 is 0 Å². The maximum Gasteiger partial charge on any atom is 0.225 e. The Morgan fingerprint density at radius 3 is 3.04 bits per heavy atom. The molecule has 9 heteroatoms. The van der Waals surface area contributed by atoms with Crippen molar-refractivity contribution in [2.45, 2.75) is 24.8 Å². The second-order valence-electron chi connectivity index (χ2n) is 5.89. The minimum Gasteiger partial charge on any atom is -0.394 e. The maximum absolute atomic E-state index is 9.61. The summed E-state index contributed by atoms with van der Waals surface area (Å²) < 4.78 is 0. The Kier molecular flexibility index (Phi) is 4.56. The van der Waals surface area contributed by atoms with Gasteiger partial charge in [-0.05, 0) is 24.3 Å². The summed E-state index contributed by atoms with van der Waals surface area (Å²) in [6.07, 6.45) is 3.93. The zero-order chi connectivity index (χ0) is 17.2. The Balaban J connectivity index is 1.51. The van der Waals surface area contributed by atoms with Gasteiger partial charge in [-0.2, -0.15) is 10.1 Å². The molecule has 4 rings (SSSR count). The van der Waals surface area contributed by atoms with E-state index < -0.39 is 0 Å². The van der Waals surface area contributed by atoms with E-state index in [1.807, 2.05) is 23.6 Å². The van der Waals surface area contributed by atoms with E-state index in [4.69, 9.17) is 11.6 Å². The molecule has 0 radical (unpaired) electrons. The number of rotatable bonds is 7. The number of H-pyrrole nitrogens is 1. The Morgan fingerprint density at radius 2 is 2.32 bits per heavy atom. The summed E-state index contributed by atoms with van der Waals surface area (Å²) in [5.41, 5.74) is 1.13. The van der Waals surface area contributed by atoms with Gasteiger partial charge in [0, 0.05) is 22.6 Å². The van der Waals surface area contributed by atoms with E-state index in [2.05, 4.69) is 30.8 Å². The SMILES string of the molecule is OCC(Nc1ncc(Cl)c(Nc2cc(C3CC3)[nH]n2)n1)c1cccs1. The van der Waals surface area contributed by atoms with Crippen molar-refractivity contribution in [2.75, 3.05) is 17.2 Å². The number of halogens is 1. The van der Waals surface area contributed by atoms with Gasteiger partial charge < -0.3 is 15.7 Å². The second-order valence-corrected chi connectivity index (χ2v) is 7.28. The molecule has 0 aliphatic heterocycles. The topological polar surface area (TPSA) is 98.8 Å². The number of nitrogens with one attached hydrogen (secondary N) is 3. The van der Waals surface area contributed by atoms with Crippen molar-refractivity contribution >= 4 is 40.5 Å². The average molecular weight is 377 g/mol. The number of aliphatic hydroxyl groups excluding tert-OH is 1. The predicted octanol–water partition coefficient (Wildman–Crippen LogP) is 3.68. The minimum atomic E-state index is -0.263. The largest absolute Gasteiger partial charge is 0.394 e. The molecule has 4 N–H and O–H groups in total. The quantitative estimate of drug-likeness (QED) is 0.502. The zero-order valence-corrected chi connectivity index (χ0v) is 14.8. The number of aromatic amines is 1. The summed E-state index contributed by atoms with van der Waals surface area (Å²) in [4.78, 5) is 9.61. The Bertz CT molecular complexity index is 848. The predicted molar refractivity (Wildman–Crippen MR) is 98.7 cm³/mol. The number of nitrogens with zero attached hydrogens (tertiary/aromatic N) is 3. The van der Waals surface area contributed by atoms with Gasteiger partial charge in [0.15, 0.2) is 11.6 Å². The van der Waals surface area contributed by atoms with Crippen molar-refractivity contribution in [1.82, 2.24) is 20.2 Å². The van der Waals surface area contributed by atoms with Crippen LogP contribution in [0.15, 0.2) is 29.8 Å². The third-order valence-corrected chi connectivity index (χ3v) is 5.24. The number of aromatic nitrogens is 4. The van der Waals surface area contributed by atoms with Crippen molar-refractivity contribution in [3.63, 3.8) is 0 Å². The lowest BCUT2D eigenvalue weighted by atomic mass is 10.2. The molecule has 1 saturated carbocycles. The summed E-state index contributed by atoms with van der Waals surface area (Å²) >= 11 is 7.76. The third kappa shape index (κ3) is 3.76. The van der Waals surface area contributed by atoms with E-state index in [0.717, 1.165) is 10.6 Å². The molecule has 1 atom stereocenters. The summed E-state index contributed by atoms with van der Waals surface area (Å²) in [5, 5.41) is 25.5. The standard InChI is InChI=1S/C16H17ClN6OS/c17-10-7-18-16(19-12(8-24)13-2-1-5-25-13)21-15(10)20-14-6-11(22-23-14)9-3-4-9/h1-2,5-7,9,12,24H,3-4,8H2,(H3,18,19,20,21,22,23). The average Bonchev–Trinajstić information content (AvgIpc) is 3.13. The molecule has 0 aromatic carbocycles. The van der Waals surface area contributed by atoms with E-state index in [-0.39, 0.29) is 12.6 Å². The molecule has 1 aliphatic rings. The molecule has 0 saturated heterocycles. The Hall–Kier alpha value is -2.16. The number of hydrogen-bond donors (Lipinski definition) is 4. The molecule has 1 unspecified atom stereocenters. The highest BCUT2D eigenvalue weighted by atomic mass is 35.5. The van der Waals surface area contributed by atoms with Gasteiger partial charge >= 0.3 is 0 Å². The molecular weight excluding hydrogens is 360 g/mol. The molecule has 0 amide bonds. The van der Waals surface area contributed by atoms with E-state index in [1.165, 1.54) is 19.0 Å². The monoisotopic (exact) mass is 376 g/mol.